The molecule has 2 unspecified atom stereocenters. The molecule has 1 aromatic carbocycles. The summed E-state index contributed by atoms with van der Waals surface area (Å²) in [6.45, 7) is -0.450. The van der Waals surface area contributed by atoms with Crippen LogP contribution in [0.4, 0.5) is 4.39 Å². The Morgan fingerprint density at radius 3 is 2.72 bits per heavy atom. The minimum atomic E-state index is -1.67. The minimum absolute atomic E-state index is 0.221. The molecule has 0 aromatic heterocycles. The van der Waals surface area contributed by atoms with Gasteiger partial charge >= 0.3 is 5.97 Å². The number of hydrogen-bond donors (Lipinski definition) is 3. The van der Waals surface area contributed by atoms with Gasteiger partial charge in [0, 0.05) is 10.5 Å². The number of aliphatic hydroxyl groups is 2. The topological polar surface area (TPSA) is 127 Å². The molecule has 2 atom stereocenters. The number of carboxylic acid groups (broad SMARTS) is 1. The molecule has 3 N–H and O–H groups in total. The molecule has 0 amide bonds. The SMILES string of the molecule is [N-]=[N+]=NCC(O)C(O)c1cc(C(=O)O)ccc1F. The third-order valence-electron chi connectivity index (χ3n) is 2.26. The molecule has 0 fully saturated rings. The van der Waals surface area contributed by atoms with E-state index in [1.54, 1.807) is 0 Å². The van der Waals surface area contributed by atoms with Gasteiger partial charge in [0.2, 0.25) is 0 Å². The van der Waals surface area contributed by atoms with Crippen LogP contribution in [-0.2, 0) is 0 Å². The van der Waals surface area contributed by atoms with Crippen molar-refractivity contribution >= 4 is 5.97 Å². The van der Waals surface area contributed by atoms with Crippen LogP contribution in [0.2, 0.25) is 0 Å². The van der Waals surface area contributed by atoms with Crippen molar-refractivity contribution in [2.75, 3.05) is 6.54 Å². The average molecular weight is 255 g/mol. The molecule has 1 rings (SSSR count). The lowest BCUT2D eigenvalue weighted by Crippen LogP contribution is -2.22. The number of carbonyl (C=O) groups is 1. The van der Waals surface area contributed by atoms with Gasteiger partial charge in [-0.1, -0.05) is 5.11 Å². The fraction of sp³-hybridized carbons (Fsp3) is 0.300. The molecule has 0 saturated heterocycles. The lowest BCUT2D eigenvalue weighted by atomic mass is 10.0. The van der Waals surface area contributed by atoms with Crippen LogP contribution in [0.25, 0.3) is 10.4 Å². The molecular weight excluding hydrogens is 245 g/mol. The molecule has 0 saturated carbocycles. The van der Waals surface area contributed by atoms with Crippen molar-refractivity contribution in [1.82, 2.24) is 0 Å². The van der Waals surface area contributed by atoms with Crippen molar-refractivity contribution < 1.29 is 24.5 Å². The monoisotopic (exact) mass is 255 g/mol. The van der Waals surface area contributed by atoms with E-state index in [1.165, 1.54) is 0 Å². The standard InChI is InChI=1S/C10H10FN3O4/c11-7-2-1-5(10(17)18)3-6(7)9(16)8(15)4-13-14-12/h1-3,8-9,15-16H,4H2,(H,17,18). The van der Waals surface area contributed by atoms with Crippen LogP contribution >= 0.6 is 0 Å². The summed E-state index contributed by atoms with van der Waals surface area (Å²) in [6, 6.07) is 2.83. The molecule has 18 heavy (non-hydrogen) atoms. The van der Waals surface area contributed by atoms with Crippen LogP contribution in [0, 0.1) is 5.82 Å². The molecule has 8 heteroatoms. The van der Waals surface area contributed by atoms with Gasteiger partial charge in [-0.2, -0.15) is 0 Å². The Labute approximate surface area is 101 Å². The summed E-state index contributed by atoms with van der Waals surface area (Å²) in [5, 5.41) is 30.8. The summed E-state index contributed by atoms with van der Waals surface area (Å²) < 4.78 is 13.4. The Kier molecular flexibility index (Phi) is 4.61. The molecule has 0 aliphatic rings. The number of benzene rings is 1. The predicted octanol–water partition coefficient (Wildman–Crippen LogP) is 1.23. The van der Waals surface area contributed by atoms with Crippen LogP contribution in [-0.4, -0.2) is 33.9 Å². The van der Waals surface area contributed by atoms with E-state index in [0.29, 0.717) is 0 Å². The van der Waals surface area contributed by atoms with Gasteiger partial charge in [0.1, 0.15) is 11.9 Å². The third kappa shape index (κ3) is 3.17. The molecule has 0 bridgehead atoms. The first kappa shape index (κ1) is 13.9. The number of rotatable bonds is 5. The first-order chi connectivity index (χ1) is 8.47. The zero-order chi connectivity index (χ0) is 13.7. The number of nitrogens with zero attached hydrogens (tertiary/aromatic N) is 3. The summed E-state index contributed by atoms with van der Waals surface area (Å²) in [7, 11) is 0. The van der Waals surface area contributed by atoms with Crippen LogP contribution in [0.1, 0.15) is 22.0 Å². The number of aromatic carboxylic acids is 1. The van der Waals surface area contributed by atoms with Gasteiger partial charge in [0.15, 0.2) is 0 Å². The summed E-state index contributed by atoms with van der Waals surface area (Å²) in [5.74, 6) is -2.14. The third-order valence-corrected chi connectivity index (χ3v) is 2.26. The molecule has 0 aliphatic carbocycles. The van der Waals surface area contributed by atoms with Gasteiger partial charge in [0.05, 0.1) is 18.2 Å². The molecule has 0 spiro atoms. The van der Waals surface area contributed by atoms with E-state index in [9.17, 15) is 19.4 Å². The number of hydrogen-bond acceptors (Lipinski definition) is 4. The molecule has 96 valence electrons. The van der Waals surface area contributed by atoms with Crippen molar-refractivity contribution in [1.29, 1.82) is 0 Å². The fourth-order valence-corrected chi connectivity index (χ4v) is 1.33. The van der Waals surface area contributed by atoms with E-state index in [0.717, 1.165) is 18.2 Å². The van der Waals surface area contributed by atoms with Crippen molar-refractivity contribution in [3.05, 3.63) is 45.6 Å². The molecule has 7 nitrogen and oxygen atoms in total. The van der Waals surface area contributed by atoms with E-state index in [2.05, 4.69) is 10.0 Å². The largest absolute Gasteiger partial charge is 0.478 e. The Balaban J connectivity index is 3.03. The maximum Gasteiger partial charge on any atom is 0.335 e. The normalized spacial score (nSPS) is 13.5. The second-order valence-electron chi connectivity index (χ2n) is 3.47. The molecule has 0 aliphatic heterocycles. The van der Waals surface area contributed by atoms with Gasteiger partial charge in [-0.05, 0) is 23.7 Å². The average Bonchev–Trinajstić information content (AvgIpc) is 2.35. The predicted molar refractivity (Wildman–Crippen MR) is 58.3 cm³/mol. The highest BCUT2D eigenvalue weighted by Crippen LogP contribution is 2.22. The second-order valence-corrected chi connectivity index (χ2v) is 3.47. The Morgan fingerprint density at radius 1 is 1.50 bits per heavy atom. The van der Waals surface area contributed by atoms with Crippen LogP contribution in [0.5, 0.6) is 0 Å². The van der Waals surface area contributed by atoms with Gasteiger partial charge in [-0.15, -0.1) is 0 Å². The van der Waals surface area contributed by atoms with Gasteiger partial charge in [-0.25, -0.2) is 9.18 Å². The Morgan fingerprint density at radius 2 is 2.17 bits per heavy atom. The quantitative estimate of drug-likeness (QED) is 0.415. The van der Waals surface area contributed by atoms with Crippen molar-refractivity contribution in [3.8, 4) is 0 Å². The van der Waals surface area contributed by atoms with Crippen LogP contribution in [0.15, 0.2) is 23.3 Å². The van der Waals surface area contributed by atoms with Crippen LogP contribution in [0.3, 0.4) is 0 Å². The van der Waals surface area contributed by atoms with E-state index in [4.69, 9.17) is 10.6 Å². The number of carboxylic acids is 1. The lowest BCUT2D eigenvalue weighted by molar-refractivity contribution is 0.0221. The summed E-state index contributed by atoms with van der Waals surface area (Å²) >= 11 is 0. The number of azide groups is 1. The van der Waals surface area contributed by atoms with Gasteiger partial charge < -0.3 is 15.3 Å². The van der Waals surface area contributed by atoms with E-state index in [1.807, 2.05) is 0 Å². The van der Waals surface area contributed by atoms with Crippen molar-refractivity contribution in [2.24, 2.45) is 5.11 Å². The van der Waals surface area contributed by atoms with Crippen molar-refractivity contribution in [3.63, 3.8) is 0 Å². The lowest BCUT2D eigenvalue weighted by Gasteiger charge is -2.17. The van der Waals surface area contributed by atoms with Crippen LogP contribution < -0.4 is 0 Å². The highest BCUT2D eigenvalue weighted by molar-refractivity contribution is 5.87. The fourth-order valence-electron chi connectivity index (χ4n) is 1.33. The zero-order valence-corrected chi connectivity index (χ0v) is 9.06. The smallest absolute Gasteiger partial charge is 0.335 e. The summed E-state index contributed by atoms with van der Waals surface area (Å²) in [5.41, 5.74) is 7.47. The maximum absolute atomic E-state index is 13.4. The molecule has 0 heterocycles. The summed E-state index contributed by atoms with van der Waals surface area (Å²) in [4.78, 5) is 13.1. The molecule has 1 aromatic rings. The van der Waals surface area contributed by atoms with Gasteiger partial charge in [-0.3, -0.25) is 0 Å². The minimum Gasteiger partial charge on any atom is -0.478 e. The van der Waals surface area contributed by atoms with E-state index < -0.39 is 30.5 Å². The first-order valence-electron chi connectivity index (χ1n) is 4.87. The Bertz CT molecular complexity index is 502. The highest BCUT2D eigenvalue weighted by Gasteiger charge is 2.22. The van der Waals surface area contributed by atoms with E-state index >= 15 is 0 Å². The van der Waals surface area contributed by atoms with Crippen molar-refractivity contribution in [2.45, 2.75) is 12.2 Å². The summed E-state index contributed by atoms with van der Waals surface area (Å²) in [6.07, 6.45) is -3.19. The first-order valence-corrected chi connectivity index (χ1v) is 4.87. The zero-order valence-electron chi connectivity index (χ0n) is 9.06. The van der Waals surface area contributed by atoms with Gasteiger partial charge in [0.25, 0.3) is 0 Å². The maximum atomic E-state index is 13.4. The molecule has 0 radical (unpaired) electrons. The number of halogens is 1. The van der Waals surface area contributed by atoms with E-state index in [-0.39, 0.29) is 11.1 Å². The number of aliphatic hydroxyl groups excluding tert-OH is 2. The molecular formula is C10H10FN3O4. The Hall–Kier alpha value is -2.15. The second kappa shape index (κ2) is 5.97. The highest BCUT2D eigenvalue weighted by atomic mass is 19.1.